The molecule has 19 heavy (non-hydrogen) atoms. The molecule has 1 aromatic rings. The van der Waals surface area contributed by atoms with Gasteiger partial charge in [0.15, 0.2) is 0 Å². The van der Waals surface area contributed by atoms with Crippen molar-refractivity contribution in [3.63, 3.8) is 0 Å². The Bertz CT molecular complexity index is 404. The first-order valence-electron chi connectivity index (χ1n) is 7.66. The minimum Gasteiger partial charge on any atom is -0.385 e. The van der Waals surface area contributed by atoms with Crippen LogP contribution in [0.25, 0.3) is 0 Å². The normalized spacial score (nSPS) is 23.6. The molecule has 1 aliphatic rings. The predicted molar refractivity (Wildman–Crippen MR) is 83.7 cm³/mol. The third-order valence-electron chi connectivity index (χ3n) is 4.40. The van der Waals surface area contributed by atoms with E-state index in [1.807, 2.05) is 0 Å². The lowest BCUT2D eigenvalue weighted by atomic mass is 9.86. The zero-order valence-corrected chi connectivity index (χ0v) is 12.6. The van der Waals surface area contributed by atoms with Gasteiger partial charge in [0.05, 0.1) is 0 Å². The van der Waals surface area contributed by atoms with Gasteiger partial charge in [-0.3, -0.25) is 0 Å². The molecule has 1 aliphatic carbocycles. The molecule has 1 aromatic carbocycles. The van der Waals surface area contributed by atoms with Crippen LogP contribution in [0, 0.1) is 12.8 Å². The van der Waals surface area contributed by atoms with Gasteiger partial charge in [0, 0.05) is 18.3 Å². The van der Waals surface area contributed by atoms with Gasteiger partial charge in [-0.15, -0.1) is 0 Å². The van der Waals surface area contributed by atoms with Crippen molar-refractivity contribution in [3.05, 3.63) is 29.3 Å². The Balaban J connectivity index is 1.93. The second-order valence-electron chi connectivity index (χ2n) is 6.39. The van der Waals surface area contributed by atoms with Gasteiger partial charge < -0.3 is 11.1 Å². The third-order valence-corrected chi connectivity index (χ3v) is 4.40. The van der Waals surface area contributed by atoms with E-state index in [9.17, 15) is 0 Å². The number of benzene rings is 1. The topological polar surface area (TPSA) is 38.0 Å². The maximum atomic E-state index is 5.96. The first-order chi connectivity index (χ1) is 9.06. The molecule has 0 aliphatic heterocycles. The Labute approximate surface area is 117 Å². The second-order valence-corrected chi connectivity index (χ2v) is 6.39. The quantitative estimate of drug-likeness (QED) is 0.857. The average Bonchev–Trinajstić information content (AvgIpc) is 2.39. The molecule has 0 radical (unpaired) electrons. The Morgan fingerprint density at radius 2 is 1.89 bits per heavy atom. The Morgan fingerprint density at radius 1 is 1.21 bits per heavy atom. The van der Waals surface area contributed by atoms with Crippen molar-refractivity contribution in [2.24, 2.45) is 11.7 Å². The molecule has 0 spiro atoms. The molecule has 2 rings (SSSR count). The van der Waals surface area contributed by atoms with E-state index in [1.165, 1.54) is 42.5 Å². The van der Waals surface area contributed by atoms with E-state index in [0.717, 1.165) is 12.5 Å². The lowest BCUT2D eigenvalue weighted by Crippen LogP contribution is -2.29. The van der Waals surface area contributed by atoms with Crippen LogP contribution in [-0.2, 0) is 0 Å². The fourth-order valence-electron chi connectivity index (χ4n) is 2.84. The van der Waals surface area contributed by atoms with E-state index >= 15 is 0 Å². The van der Waals surface area contributed by atoms with Crippen molar-refractivity contribution < 1.29 is 0 Å². The fraction of sp³-hybridized carbons (Fsp3) is 0.647. The Morgan fingerprint density at radius 3 is 2.53 bits per heavy atom. The standard InChI is InChI=1S/C17H28N2/c1-12(2)15-7-4-13(3)17(10-15)19-11-14-5-8-16(18)9-6-14/h4,7,10,12,14,16,19H,5-6,8-9,11,18H2,1-3H3. The first kappa shape index (κ1) is 14.4. The molecule has 106 valence electrons. The molecule has 1 fully saturated rings. The summed E-state index contributed by atoms with van der Waals surface area (Å²) in [6, 6.07) is 7.23. The van der Waals surface area contributed by atoms with Crippen LogP contribution in [0.15, 0.2) is 18.2 Å². The van der Waals surface area contributed by atoms with E-state index in [0.29, 0.717) is 12.0 Å². The Hall–Kier alpha value is -1.02. The van der Waals surface area contributed by atoms with Crippen LogP contribution in [-0.4, -0.2) is 12.6 Å². The molecule has 0 unspecified atom stereocenters. The second kappa shape index (κ2) is 6.42. The summed E-state index contributed by atoms with van der Waals surface area (Å²) < 4.78 is 0. The largest absolute Gasteiger partial charge is 0.385 e. The number of rotatable bonds is 4. The fourth-order valence-corrected chi connectivity index (χ4v) is 2.84. The molecule has 0 bridgehead atoms. The summed E-state index contributed by atoms with van der Waals surface area (Å²) in [4.78, 5) is 0. The van der Waals surface area contributed by atoms with Crippen molar-refractivity contribution in [3.8, 4) is 0 Å². The lowest BCUT2D eigenvalue weighted by Gasteiger charge is -2.27. The van der Waals surface area contributed by atoms with Gasteiger partial charge in [0.2, 0.25) is 0 Å². The number of nitrogens with one attached hydrogen (secondary N) is 1. The van der Waals surface area contributed by atoms with Crippen molar-refractivity contribution in [2.45, 2.75) is 58.4 Å². The number of hydrogen-bond acceptors (Lipinski definition) is 2. The highest BCUT2D eigenvalue weighted by atomic mass is 14.9. The molecule has 1 saturated carbocycles. The van der Waals surface area contributed by atoms with Gasteiger partial charge in [0.25, 0.3) is 0 Å². The van der Waals surface area contributed by atoms with Gasteiger partial charge in [-0.05, 0) is 61.6 Å². The summed E-state index contributed by atoms with van der Waals surface area (Å²) >= 11 is 0. The molecular formula is C17H28N2. The summed E-state index contributed by atoms with van der Waals surface area (Å²) in [6.45, 7) is 7.77. The monoisotopic (exact) mass is 260 g/mol. The zero-order chi connectivity index (χ0) is 13.8. The van der Waals surface area contributed by atoms with Gasteiger partial charge in [-0.1, -0.05) is 26.0 Å². The van der Waals surface area contributed by atoms with Gasteiger partial charge >= 0.3 is 0 Å². The smallest absolute Gasteiger partial charge is 0.0372 e. The molecular weight excluding hydrogens is 232 g/mol. The van der Waals surface area contributed by atoms with Crippen molar-refractivity contribution in [2.75, 3.05) is 11.9 Å². The molecule has 0 atom stereocenters. The highest BCUT2D eigenvalue weighted by molar-refractivity contribution is 5.53. The van der Waals surface area contributed by atoms with E-state index < -0.39 is 0 Å². The van der Waals surface area contributed by atoms with Crippen LogP contribution in [0.4, 0.5) is 5.69 Å². The van der Waals surface area contributed by atoms with E-state index in [4.69, 9.17) is 5.73 Å². The first-order valence-corrected chi connectivity index (χ1v) is 7.66. The van der Waals surface area contributed by atoms with Crippen molar-refractivity contribution in [1.29, 1.82) is 0 Å². The van der Waals surface area contributed by atoms with E-state index in [1.54, 1.807) is 0 Å². The summed E-state index contributed by atoms with van der Waals surface area (Å²) in [5.41, 5.74) is 10.0. The molecule has 0 heterocycles. The number of hydrogen-bond donors (Lipinski definition) is 2. The lowest BCUT2D eigenvalue weighted by molar-refractivity contribution is 0.339. The zero-order valence-electron chi connectivity index (χ0n) is 12.6. The highest BCUT2D eigenvalue weighted by Gasteiger charge is 2.18. The van der Waals surface area contributed by atoms with Crippen molar-refractivity contribution in [1.82, 2.24) is 0 Å². The molecule has 2 heteroatoms. The number of anilines is 1. The molecule has 0 saturated heterocycles. The maximum absolute atomic E-state index is 5.96. The van der Waals surface area contributed by atoms with Crippen molar-refractivity contribution >= 4 is 5.69 Å². The van der Waals surface area contributed by atoms with Crippen LogP contribution in [0.1, 0.15) is 56.6 Å². The SMILES string of the molecule is Cc1ccc(C(C)C)cc1NCC1CCC(N)CC1. The van der Waals surface area contributed by atoms with Crippen LogP contribution >= 0.6 is 0 Å². The van der Waals surface area contributed by atoms with Crippen LogP contribution < -0.4 is 11.1 Å². The van der Waals surface area contributed by atoms with E-state index in [2.05, 4.69) is 44.3 Å². The van der Waals surface area contributed by atoms with Crippen LogP contribution in [0.3, 0.4) is 0 Å². The summed E-state index contributed by atoms with van der Waals surface area (Å²) in [6.07, 6.45) is 4.93. The minimum absolute atomic E-state index is 0.447. The minimum atomic E-state index is 0.447. The highest BCUT2D eigenvalue weighted by Crippen LogP contribution is 2.26. The maximum Gasteiger partial charge on any atom is 0.0372 e. The Kier molecular flexibility index (Phi) is 4.87. The molecule has 0 aromatic heterocycles. The number of aryl methyl sites for hydroxylation is 1. The van der Waals surface area contributed by atoms with Gasteiger partial charge in [-0.25, -0.2) is 0 Å². The average molecular weight is 260 g/mol. The van der Waals surface area contributed by atoms with Crippen LogP contribution in [0.2, 0.25) is 0 Å². The third kappa shape index (κ3) is 3.97. The molecule has 3 N–H and O–H groups in total. The van der Waals surface area contributed by atoms with Gasteiger partial charge in [-0.2, -0.15) is 0 Å². The van der Waals surface area contributed by atoms with E-state index in [-0.39, 0.29) is 0 Å². The molecule has 0 amide bonds. The summed E-state index contributed by atoms with van der Waals surface area (Å²) in [7, 11) is 0. The molecule has 2 nitrogen and oxygen atoms in total. The predicted octanol–water partition coefficient (Wildman–Crippen LogP) is 4.05. The van der Waals surface area contributed by atoms with Crippen LogP contribution in [0.5, 0.6) is 0 Å². The number of nitrogens with two attached hydrogens (primary N) is 1. The van der Waals surface area contributed by atoms with Gasteiger partial charge in [0.1, 0.15) is 0 Å². The summed E-state index contributed by atoms with van der Waals surface area (Å²) in [5, 5.41) is 3.65. The summed E-state index contributed by atoms with van der Waals surface area (Å²) in [5.74, 6) is 1.38.